The highest BCUT2D eigenvalue weighted by atomic mass is 79.9. The molecule has 21 heavy (non-hydrogen) atoms. The van der Waals surface area contributed by atoms with E-state index in [-0.39, 0.29) is 12.5 Å². The third-order valence-corrected chi connectivity index (χ3v) is 3.08. The fraction of sp³-hybridized carbons (Fsp3) is 0.143. The van der Waals surface area contributed by atoms with Gasteiger partial charge in [0.05, 0.1) is 6.54 Å². The maximum atomic E-state index is 11.9. The van der Waals surface area contributed by atoms with Gasteiger partial charge in [0.25, 0.3) is 0 Å². The highest BCUT2D eigenvalue weighted by molar-refractivity contribution is 9.10. The predicted molar refractivity (Wildman–Crippen MR) is 82.8 cm³/mol. The van der Waals surface area contributed by atoms with Crippen LogP contribution in [0.4, 0.5) is 11.6 Å². The lowest BCUT2D eigenvalue weighted by Gasteiger charge is -2.17. The van der Waals surface area contributed by atoms with Crippen LogP contribution in [0.5, 0.6) is 0 Å². The van der Waals surface area contributed by atoms with Crippen LogP contribution in [0.25, 0.3) is 0 Å². The molecule has 0 unspecified atom stereocenters. The summed E-state index contributed by atoms with van der Waals surface area (Å²) in [6.45, 7) is 0.111. The van der Waals surface area contributed by atoms with E-state index in [9.17, 15) is 4.79 Å². The number of hydrogen-bond donors (Lipinski definition) is 1. The number of nitrogens with one attached hydrogen (secondary N) is 1. The van der Waals surface area contributed by atoms with E-state index < -0.39 is 0 Å². The average Bonchev–Trinajstić information content (AvgIpc) is 2.49. The summed E-state index contributed by atoms with van der Waals surface area (Å²) in [5.74, 6) is 0.833. The van der Waals surface area contributed by atoms with Crippen molar-refractivity contribution in [3.05, 3.63) is 46.7 Å². The zero-order valence-corrected chi connectivity index (χ0v) is 12.8. The Balaban J connectivity index is 1.98. The summed E-state index contributed by atoms with van der Waals surface area (Å²) in [6, 6.07) is 10.6. The van der Waals surface area contributed by atoms with Crippen LogP contribution in [-0.2, 0) is 4.79 Å². The Morgan fingerprint density at radius 2 is 2.24 bits per heavy atom. The van der Waals surface area contributed by atoms with Gasteiger partial charge < -0.3 is 10.2 Å². The number of halogens is 1. The van der Waals surface area contributed by atoms with Crippen LogP contribution in [0.2, 0.25) is 0 Å². The van der Waals surface area contributed by atoms with E-state index in [1.54, 1.807) is 48.5 Å². The van der Waals surface area contributed by atoms with Crippen LogP contribution in [0, 0.1) is 11.3 Å². The van der Waals surface area contributed by atoms with Crippen molar-refractivity contribution in [2.24, 2.45) is 0 Å². The van der Waals surface area contributed by atoms with Crippen molar-refractivity contribution in [1.82, 2.24) is 9.97 Å². The number of nitriles is 1. The maximum Gasteiger partial charge on any atom is 0.245 e. The van der Waals surface area contributed by atoms with E-state index in [1.165, 1.54) is 0 Å². The zero-order valence-electron chi connectivity index (χ0n) is 11.2. The van der Waals surface area contributed by atoms with Gasteiger partial charge in [-0.05, 0) is 40.2 Å². The summed E-state index contributed by atoms with van der Waals surface area (Å²) < 4.78 is 0.843. The Bertz CT molecular complexity index is 681. The van der Waals surface area contributed by atoms with E-state index in [4.69, 9.17) is 5.26 Å². The number of hydrogen-bond acceptors (Lipinski definition) is 5. The molecule has 0 aliphatic carbocycles. The Morgan fingerprint density at radius 1 is 1.43 bits per heavy atom. The molecule has 1 amide bonds. The number of anilines is 2. The largest absolute Gasteiger partial charge is 0.350 e. The van der Waals surface area contributed by atoms with E-state index in [1.807, 2.05) is 6.07 Å². The summed E-state index contributed by atoms with van der Waals surface area (Å²) in [5.41, 5.74) is 0.314. The fourth-order valence-electron chi connectivity index (χ4n) is 1.63. The zero-order chi connectivity index (χ0) is 15.2. The predicted octanol–water partition coefficient (Wildman–Crippen LogP) is 2.19. The molecule has 0 aliphatic heterocycles. The molecule has 0 aromatic carbocycles. The Kier molecular flexibility index (Phi) is 4.85. The van der Waals surface area contributed by atoms with Crippen molar-refractivity contribution in [1.29, 1.82) is 5.26 Å². The number of likely N-dealkylation sites (N-methyl/N-ethyl adjacent to an activating group) is 1. The highest BCUT2D eigenvalue weighted by Gasteiger charge is 2.10. The average molecular weight is 346 g/mol. The van der Waals surface area contributed by atoms with Crippen LogP contribution in [-0.4, -0.2) is 29.5 Å². The Hall–Kier alpha value is -2.46. The number of nitrogens with zero attached hydrogens (tertiary/aromatic N) is 4. The number of carbonyl (C=O) groups excluding carboxylic acids is 1. The normalized spacial score (nSPS) is 9.76. The Morgan fingerprint density at radius 3 is 2.90 bits per heavy atom. The molecule has 0 aliphatic rings. The topological polar surface area (TPSA) is 81.9 Å². The first-order valence-electron chi connectivity index (χ1n) is 6.08. The second-order valence-electron chi connectivity index (χ2n) is 4.26. The van der Waals surface area contributed by atoms with Crippen LogP contribution in [0.3, 0.4) is 0 Å². The summed E-state index contributed by atoms with van der Waals surface area (Å²) in [4.78, 5) is 21.8. The summed E-state index contributed by atoms with van der Waals surface area (Å²) in [5, 5.41) is 11.5. The molecule has 1 N–H and O–H groups in total. The molecule has 106 valence electrons. The maximum absolute atomic E-state index is 11.9. The number of aromatic nitrogens is 2. The molecule has 0 bridgehead atoms. The van der Waals surface area contributed by atoms with Crippen LogP contribution in [0.1, 0.15) is 5.69 Å². The van der Waals surface area contributed by atoms with Gasteiger partial charge in [-0.3, -0.25) is 4.79 Å². The molecule has 7 heteroatoms. The minimum absolute atomic E-state index is 0.111. The van der Waals surface area contributed by atoms with Gasteiger partial charge in [0.2, 0.25) is 5.91 Å². The summed E-state index contributed by atoms with van der Waals surface area (Å²) >= 11 is 3.28. The molecule has 2 heterocycles. The molecule has 0 radical (unpaired) electrons. The Labute approximate surface area is 130 Å². The van der Waals surface area contributed by atoms with Gasteiger partial charge in [-0.25, -0.2) is 9.97 Å². The molecular formula is C14H12BrN5O. The first-order valence-corrected chi connectivity index (χ1v) is 6.87. The number of carbonyl (C=O) groups is 1. The molecule has 0 fully saturated rings. The highest BCUT2D eigenvalue weighted by Crippen LogP contribution is 2.11. The van der Waals surface area contributed by atoms with Gasteiger partial charge in [-0.15, -0.1) is 0 Å². The number of rotatable bonds is 4. The van der Waals surface area contributed by atoms with Crippen LogP contribution in [0.15, 0.2) is 41.0 Å². The van der Waals surface area contributed by atoms with Crippen molar-refractivity contribution in [2.45, 2.75) is 0 Å². The molecule has 0 atom stereocenters. The third kappa shape index (κ3) is 4.26. The van der Waals surface area contributed by atoms with E-state index >= 15 is 0 Å². The minimum Gasteiger partial charge on any atom is -0.350 e. The lowest BCUT2D eigenvalue weighted by atomic mass is 10.3. The first-order chi connectivity index (χ1) is 10.1. The fourth-order valence-corrected chi connectivity index (χ4v) is 1.86. The molecule has 2 rings (SSSR count). The van der Waals surface area contributed by atoms with Crippen LogP contribution < -0.4 is 10.2 Å². The summed E-state index contributed by atoms with van der Waals surface area (Å²) in [6.07, 6.45) is 1.61. The van der Waals surface area contributed by atoms with Gasteiger partial charge in [-0.1, -0.05) is 6.07 Å². The molecule has 2 aromatic heterocycles. The number of pyridine rings is 2. The SMILES string of the molecule is CN(CC(=O)Nc1ccc(Br)cn1)c1cccc(C#N)n1. The monoisotopic (exact) mass is 345 g/mol. The molecule has 0 saturated heterocycles. The smallest absolute Gasteiger partial charge is 0.245 e. The van der Waals surface area contributed by atoms with Crippen LogP contribution >= 0.6 is 15.9 Å². The van der Waals surface area contributed by atoms with Gasteiger partial charge in [-0.2, -0.15) is 5.26 Å². The molecule has 0 spiro atoms. The molecular weight excluding hydrogens is 334 g/mol. The van der Waals surface area contributed by atoms with Gasteiger partial charge in [0.1, 0.15) is 23.4 Å². The second kappa shape index (κ2) is 6.81. The quantitative estimate of drug-likeness (QED) is 0.918. The van der Waals surface area contributed by atoms with E-state index in [0.717, 1.165) is 4.47 Å². The van der Waals surface area contributed by atoms with Gasteiger partial charge in [0, 0.05) is 17.7 Å². The van der Waals surface area contributed by atoms with Gasteiger partial charge in [0.15, 0.2) is 0 Å². The van der Waals surface area contributed by atoms with E-state index in [2.05, 4.69) is 31.2 Å². The van der Waals surface area contributed by atoms with Crippen molar-refractivity contribution < 1.29 is 4.79 Å². The van der Waals surface area contributed by atoms with Crippen molar-refractivity contribution in [3.63, 3.8) is 0 Å². The lowest BCUT2D eigenvalue weighted by Crippen LogP contribution is -2.30. The standard InChI is InChI=1S/C14H12BrN5O/c1-20(13-4-2-3-11(7-16)18-13)9-14(21)19-12-6-5-10(15)8-17-12/h2-6,8H,9H2,1H3,(H,17,19,21). The minimum atomic E-state index is -0.212. The van der Waals surface area contributed by atoms with Crippen molar-refractivity contribution in [2.75, 3.05) is 23.8 Å². The number of amides is 1. The third-order valence-electron chi connectivity index (χ3n) is 2.62. The van der Waals surface area contributed by atoms with Gasteiger partial charge >= 0.3 is 0 Å². The lowest BCUT2D eigenvalue weighted by molar-refractivity contribution is -0.114. The summed E-state index contributed by atoms with van der Waals surface area (Å²) in [7, 11) is 1.73. The second-order valence-corrected chi connectivity index (χ2v) is 5.17. The molecule has 2 aromatic rings. The molecule has 0 saturated carbocycles. The first kappa shape index (κ1) is 14.9. The van der Waals surface area contributed by atoms with Crippen molar-refractivity contribution in [3.8, 4) is 6.07 Å². The van der Waals surface area contributed by atoms with E-state index in [0.29, 0.717) is 17.3 Å². The molecule has 6 nitrogen and oxygen atoms in total. The van der Waals surface area contributed by atoms with Crippen molar-refractivity contribution >= 4 is 33.5 Å².